The third-order valence-electron chi connectivity index (χ3n) is 5.51. The van der Waals surface area contributed by atoms with Gasteiger partial charge in [0, 0.05) is 58.4 Å². The zero-order valence-corrected chi connectivity index (χ0v) is 20.5. The fourth-order valence-corrected chi connectivity index (χ4v) is 3.84. The van der Waals surface area contributed by atoms with Crippen molar-refractivity contribution in [2.24, 2.45) is 5.92 Å². The van der Waals surface area contributed by atoms with Crippen LogP contribution < -0.4 is 11.1 Å². The number of hydrogen-bond acceptors (Lipinski definition) is 6. The standard InChI is InChI=1S/C25H25BrN4O5/c1-14(24(33)30-21(25(34)35)11-18-12-28-13-29-18)9-19(31)10-16-3-2-4-20(22(16)27)23(32)15-5-7-17(26)8-6-15/h2-8,12-14,21H,9-11,27H2,1H3,(H,28,29)(H,30,33)(H,34,35). The van der Waals surface area contributed by atoms with Gasteiger partial charge in [0.15, 0.2) is 5.78 Å². The molecular formula is C25H25BrN4O5. The fraction of sp³-hybridized carbons (Fsp3) is 0.240. The van der Waals surface area contributed by atoms with Crippen LogP contribution in [0.25, 0.3) is 0 Å². The summed E-state index contributed by atoms with van der Waals surface area (Å²) in [6.45, 7) is 1.55. The highest BCUT2D eigenvalue weighted by molar-refractivity contribution is 9.10. The van der Waals surface area contributed by atoms with E-state index in [1.54, 1.807) is 49.4 Å². The number of aromatic amines is 1. The van der Waals surface area contributed by atoms with Crippen LogP contribution in [0.2, 0.25) is 0 Å². The summed E-state index contributed by atoms with van der Waals surface area (Å²) in [5, 5.41) is 11.9. The van der Waals surface area contributed by atoms with Crippen LogP contribution in [0.4, 0.5) is 5.69 Å². The Hall–Kier alpha value is -3.79. The monoisotopic (exact) mass is 540 g/mol. The van der Waals surface area contributed by atoms with E-state index in [-0.39, 0.29) is 36.5 Å². The fourth-order valence-electron chi connectivity index (χ4n) is 3.57. The number of carbonyl (C=O) groups is 4. The number of carboxylic acid groups (broad SMARTS) is 1. The summed E-state index contributed by atoms with van der Waals surface area (Å²) in [6.07, 6.45) is 2.78. The number of aliphatic carboxylic acids is 1. The van der Waals surface area contributed by atoms with Crippen LogP contribution in [-0.2, 0) is 27.2 Å². The van der Waals surface area contributed by atoms with Gasteiger partial charge in [0.2, 0.25) is 5.91 Å². The molecule has 0 aliphatic rings. The van der Waals surface area contributed by atoms with Crippen LogP contribution in [-0.4, -0.2) is 44.6 Å². The molecule has 0 saturated heterocycles. The Kier molecular flexibility index (Phi) is 8.53. The summed E-state index contributed by atoms with van der Waals surface area (Å²) in [7, 11) is 0. The van der Waals surface area contributed by atoms with Crippen molar-refractivity contribution in [3.8, 4) is 0 Å². The molecule has 182 valence electrons. The van der Waals surface area contributed by atoms with Crippen molar-refractivity contribution >= 4 is 45.1 Å². The number of halogens is 1. The summed E-state index contributed by atoms with van der Waals surface area (Å²) in [5.41, 5.74) is 8.26. The number of carboxylic acids is 1. The number of Topliss-reactive ketones (excluding diaryl/α,β-unsaturated/α-hetero) is 1. The van der Waals surface area contributed by atoms with Gasteiger partial charge in [0.05, 0.1) is 6.33 Å². The Labute approximate surface area is 210 Å². The maximum atomic E-state index is 12.9. The van der Waals surface area contributed by atoms with Crippen molar-refractivity contribution in [1.82, 2.24) is 15.3 Å². The van der Waals surface area contributed by atoms with E-state index >= 15 is 0 Å². The number of anilines is 1. The first-order chi connectivity index (χ1) is 16.7. The van der Waals surface area contributed by atoms with Crippen LogP contribution in [0.1, 0.15) is 40.5 Å². The van der Waals surface area contributed by atoms with Crippen LogP contribution in [0.15, 0.2) is 59.5 Å². The first-order valence-electron chi connectivity index (χ1n) is 10.9. The molecule has 10 heteroatoms. The number of hydrogen-bond donors (Lipinski definition) is 4. The molecule has 0 saturated carbocycles. The molecule has 5 N–H and O–H groups in total. The summed E-state index contributed by atoms with van der Waals surface area (Å²) in [6, 6.07) is 10.7. The molecule has 3 rings (SSSR count). The Morgan fingerprint density at radius 1 is 1.14 bits per heavy atom. The predicted molar refractivity (Wildman–Crippen MR) is 133 cm³/mol. The molecule has 9 nitrogen and oxygen atoms in total. The zero-order chi connectivity index (χ0) is 25.5. The van der Waals surface area contributed by atoms with E-state index in [4.69, 9.17) is 5.73 Å². The molecule has 0 radical (unpaired) electrons. The minimum Gasteiger partial charge on any atom is -0.480 e. The number of amides is 1. The second-order valence-electron chi connectivity index (χ2n) is 8.22. The lowest BCUT2D eigenvalue weighted by Gasteiger charge is -2.17. The summed E-state index contributed by atoms with van der Waals surface area (Å²) >= 11 is 3.33. The molecule has 2 atom stereocenters. The molecule has 0 aliphatic heterocycles. The van der Waals surface area contributed by atoms with Gasteiger partial charge in [0.1, 0.15) is 11.8 Å². The Bertz CT molecular complexity index is 1230. The van der Waals surface area contributed by atoms with Gasteiger partial charge in [-0.1, -0.05) is 35.0 Å². The number of nitrogens with two attached hydrogens (primary N) is 1. The molecule has 0 fully saturated rings. The summed E-state index contributed by atoms with van der Waals surface area (Å²) < 4.78 is 0.843. The third-order valence-corrected chi connectivity index (χ3v) is 6.04. The molecule has 0 spiro atoms. The van der Waals surface area contributed by atoms with E-state index in [1.165, 1.54) is 12.5 Å². The lowest BCUT2D eigenvalue weighted by Crippen LogP contribution is -2.44. The van der Waals surface area contributed by atoms with Crippen LogP contribution >= 0.6 is 15.9 Å². The van der Waals surface area contributed by atoms with Gasteiger partial charge in [0.25, 0.3) is 0 Å². The molecule has 1 amide bonds. The van der Waals surface area contributed by atoms with Gasteiger partial charge in [-0.2, -0.15) is 0 Å². The van der Waals surface area contributed by atoms with Gasteiger partial charge in [-0.25, -0.2) is 9.78 Å². The zero-order valence-electron chi connectivity index (χ0n) is 19.0. The van der Waals surface area contributed by atoms with E-state index in [1.807, 2.05) is 0 Å². The molecule has 0 aliphatic carbocycles. The Morgan fingerprint density at radius 3 is 2.49 bits per heavy atom. The van der Waals surface area contributed by atoms with Crippen molar-refractivity contribution in [2.45, 2.75) is 32.2 Å². The molecule has 2 unspecified atom stereocenters. The lowest BCUT2D eigenvalue weighted by atomic mass is 9.94. The molecule has 2 aromatic carbocycles. The summed E-state index contributed by atoms with van der Waals surface area (Å²) in [4.78, 5) is 56.3. The number of benzene rings is 2. The minimum atomic E-state index is -1.19. The van der Waals surface area contributed by atoms with Gasteiger partial charge < -0.3 is 21.1 Å². The van der Waals surface area contributed by atoms with Crippen molar-refractivity contribution in [1.29, 1.82) is 0 Å². The average Bonchev–Trinajstić information content (AvgIpc) is 3.33. The Morgan fingerprint density at radius 2 is 1.86 bits per heavy atom. The van der Waals surface area contributed by atoms with Crippen LogP contribution in [0, 0.1) is 5.92 Å². The molecular weight excluding hydrogens is 516 g/mol. The molecule has 3 aromatic rings. The number of rotatable bonds is 11. The second-order valence-corrected chi connectivity index (χ2v) is 9.13. The van der Waals surface area contributed by atoms with Crippen molar-refractivity contribution in [3.63, 3.8) is 0 Å². The number of ketones is 2. The SMILES string of the molecule is CC(CC(=O)Cc1cccc(C(=O)c2ccc(Br)cc2)c1N)C(=O)NC(Cc1cnc[nH]1)C(=O)O. The van der Waals surface area contributed by atoms with Gasteiger partial charge in [-0.3, -0.25) is 14.4 Å². The normalized spacial score (nSPS) is 12.5. The van der Waals surface area contributed by atoms with Gasteiger partial charge >= 0.3 is 5.97 Å². The number of aromatic nitrogens is 2. The predicted octanol–water partition coefficient (Wildman–Crippen LogP) is 2.94. The molecule has 1 heterocycles. The maximum Gasteiger partial charge on any atom is 0.326 e. The smallest absolute Gasteiger partial charge is 0.326 e. The topological polar surface area (TPSA) is 155 Å². The van der Waals surface area contributed by atoms with Crippen molar-refractivity contribution in [2.75, 3.05) is 5.73 Å². The van der Waals surface area contributed by atoms with Gasteiger partial charge in [-0.05, 0) is 35.9 Å². The largest absolute Gasteiger partial charge is 0.480 e. The third kappa shape index (κ3) is 6.86. The number of carbonyl (C=O) groups excluding carboxylic acids is 3. The minimum absolute atomic E-state index is 0.0391. The molecule has 35 heavy (non-hydrogen) atoms. The van der Waals surface area contributed by atoms with Crippen molar-refractivity contribution < 1.29 is 24.3 Å². The highest BCUT2D eigenvalue weighted by Crippen LogP contribution is 2.23. The summed E-state index contributed by atoms with van der Waals surface area (Å²) in [5.74, 6) is -2.99. The number of nitrogen functional groups attached to an aromatic ring is 1. The molecule has 1 aromatic heterocycles. The number of nitrogens with one attached hydrogen (secondary N) is 2. The van der Waals surface area contributed by atoms with Crippen LogP contribution in [0.5, 0.6) is 0 Å². The van der Waals surface area contributed by atoms with Crippen molar-refractivity contribution in [3.05, 3.63) is 81.8 Å². The second kappa shape index (κ2) is 11.6. The number of nitrogens with zero attached hydrogens (tertiary/aromatic N) is 1. The highest BCUT2D eigenvalue weighted by Gasteiger charge is 2.25. The quantitative estimate of drug-likeness (QED) is 0.215. The van der Waals surface area contributed by atoms with E-state index in [0.717, 1.165) is 4.47 Å². The number of H-pyrrole nitrogens is 1. The maximum absolute atomic E-state index is 12.9. The van der Waals surface area contributed by atoms with E-state index < -0.39 is 23.8 Å². The van der Waals surface area contributed by atoms with Gasteiger partial charge in [-0.15, -0.1) is 0 Å². The lowest BCUT2D eigenvalue weighted by molar-refractivity contribution is -0.142. The molecule has 0 bridgehead atoms. The number of imidazole rings is 1. The first kappa shape index (κ1) is 25.8. The first-order valence-corrected chi connectivity index (χ1v) is 11.6. The average molecular weight is 541 g/mol. The number of para-hydroxylation sites is 1. The Balaban J connectivity index is 1.62. The van der Waals surface area contributed by atoms with Crippen LogP contribution in [0.3, 0.4) is 0 Å². The highest BCUT2D eigenvalue weighted by atomic mass is 79.9. The van der Waals surface area contributed by atoms with E-state index in [0.29, 0.717) is 22.4 Å². The van der Waals surface area contributed by atoms with E-state index in [2.05, 4.69) is 31.2 Å². The van der Waals surface area contributed by atoms with E-state index in [9.17, 15) is 24.3 Å².